The zero-order valence-electron chi connectivity index (χ0n) is 14.3. The number of carboxylic acids is 1. The van der Waals surface area contributed by atoms with E-state index in [2.05, 4.69) is 10.0 Å². The first-order valence-corrected chi connectivity index (χ1v) is 9.59. The third-order valence-corrected chi connectivity index (χ3v) is 4.15. The Hall–Kier alpha value is -2.29. The van der Waals surface area contributed by atoms with Gasteiger partial charge in [-0.15, -0.1) is 0 Å². The molecule has 9 heteroatoms. The number of carboxylic acid groups (broad SMARTS) is 1. The van der Waals surface area contributed by atoms with Crippen molar-refractivity contribution >= 4 is 27.6 Å². The molecule has 25 heavy (non-hydrogen) atoms. The number of ether oxygens (including phenoxy) is 1. The molecule has 0 fully saturated rings. The molecule has 0 aliphatic heterocycles. The number of rotatable bonds is 11. The summed E-state index contributed by atoms with van der Waals surface area (Å²) in [6.07, 6.45) is 0.933. The lowest BCUT2D eigenvalue weighted by Crippen LogP contribution is -2.33. The van der Waals surface area contributed by atoms with Crippen LogP contribution in [0.5, 0.6) is 5.75 Å². The first kappa shape index (κ1) is 20.8. The monoisotopic (exact) mass is 372 g/mol. The van der Waals surface area contributed by atoms with Crippen molar-refractivity contribution in [1.82, 2.24) is 5.32 Å². The van der Waals surface area contributed by atoms with Gasteiger partial charge in [-0.3, -0.25) is 14.3 Å². The van der Waals surface area contributed by atoms with E-state index in [1.807, 2.05) is 13.8 Å². The first-order valence-electron chi connectivity index (χ1n) is 7.93. The van der Waals surface area contributed by atoms with Crippen molar-refractivity contribution in [3.8, 4) is 5.75 Å². The van der Waals surface area contributed by atoms with Gasteiger partial charge in [0.05, 0.1) is 6.10 Å². The number of anilines is 1. The van der Waals surface area contributed by atoms with Crippen LogP contribution < -0.4 is 14.8 Å². The molecule has 8 nitrogen and oxygen atoms in total. The number of hydrogen-bond acceptors (Lipinski definition) is 5. The highest BCUT2D eigenvalue weighted by Crippen LogP contribution is 2.17. The van der Waals surface area contributed by atoms with Crippen LogP contribution in [0.1, 0.15) is 33.1 Å². The second-order valence-electron chi connectivity index (χ2n) is 5.75. The SMILES string of the molecule is CC(C)Oc1ccc(NS(=O)(=O)CC(=O)NCCCCC(=O)O)cc1. The standard InChI is InChI=1S/C16H24N2O6S/c1-12(2)24-14-8-6-13(7-9-14)18-25(22,23)11-15(19)17-10-4-3-5-16(20)21/h6-9,12,18H,3-5,10-11H2,1-2H3,(H,17,19)(H,20,21). The second kappa shape index (κ2) is 9.87. The van der Waals surface area contributed by atoms with Gasteiger partial charge in [0.1, 0.15) is 11.5 Å². The molecule has 1 aromatic carbocycles. The van der Waals surface area contributed by atoms with Gasteiger partial charge < -0.3 is 15.2 Å². The number of carbonyl (C=O) groups excluding carboxylic acids is 1. The average Bonchev–Trinajstić information content (AvgIpc) is 2.47. The summed E-state index contributed by atoms with van der Waals surface area (Å²) in [5, 5.41) is 11.0. The number of carbonyl (C=O) groups is 2. The predicted molar refractivity (Wildman–Crippen MR) is 94.1 cm³/mol. The number of benzene rings is 1. The van der Waals surface area contributed by atoms with Crippen LogP contribution in [0.4, 0.5) is 5.69 Å². The van der Waals surface area contributed by atoms with Gasteiger partial charge in [0, 0.05) is 18.7 Å². The fourth-order valence-corrected chi connectivity index (χ4v) is 2.96. The molecule has 0 unspecified atom stereocenters. The van der Waals surface area contributed by atoms with E-state index >= 15 is 0 Å². The minimum absolute atomic E-state index is 0.0155. The first-order chi connectivity index (χ1) is 11.7. The highest BCUT2D eigenvalue weighted by atomic mass is 32.2. The lowest BCUT2D eigenvalue weighted by atomic mass is 10.2. The molecule has 0 aliphatic carbocycles. The lowest BCUT2D eigenvalue weighted by Gasteiger charge is -2.11. The van der Waals surface area contributed by atoms with Crippen LogP contribution in [-0.4, -0.2) is 43.8 Å². The Morgan fingerprint density at radius 2 is 1.80 bits per heavy atom. The van der Waals surface area contributed by atoms with Crippen molar-refractivity contribution in [1.29, 1.82) is 0 Å². The number of unbranched alkanes of at least 4 members (excludes halogenated alkanes) is 1. The van der Waals surface area contributed by atoms with Crippen molar-refractivity contribution in [2.24, 2.45) is 0 Å². The number of nitrogens with one attached hydrogen (secondary N) is 2. The molecule has 0 saturated heterocycles. The van der Waals surface area contributed by atoms with Crippen LogP contribution in [0, 0.1) is 0 Å². The lowest BCUT2D eigenvalue weighted by molar-refractivity contribution is -0.137. The zero-order chi connectivity index (χ0) is 18.9. The number of aliphatic carboxylic acids is 1. The summed E-state index contributed by atoms with van der Waals surface area (Å²) >= 11 is 0. The van der Waals surface area contributed by atoms with Crippen LogP contribution in [0.25, 0.3) is 0 Å². The molecule has 3 N–H and O–H groups in total. The van der Waals surface area contributed by atoms with E-state index in [0.717, 1.165) is 0 Å². The fourth-order valence-electron chi connectivity index (χ4n) is 1.94. The third-order valence-electron chi connectivity index (χ3n) is 2.96. The molecule has 0 bridgehead atoms. The van der Waals surface area contributed by atoms with Crippen molar-refractivity contribution in [2.75, 3.05) is 17.0 Å². The Morgan fingerprint density at radius 3 is 2.36 bits per heavy atom. The molecule has 0 heterocycles. The Bertz CT molecular complexity index is 670. The summed E-state index contributed by atoms with van der Waals surface area (Å²) in [4.78, 5) is 22.0. The minimum Gasteiger partial charge on any atom is -0.491 e. The quantitative estimate of drug-likeness (QED) is 0.507. The van der Waals surface area contributed by atoms with E-state index in [1.165, 1.54) is 0 Å². The molecule has 0 aliphatic rings. The topological polar surface area (TPSA) is 122 Å². The van der Waals surface area contributed by atoms with Crippen LogP contribution in [0.3, 0.4) is 0 Å². The summed E-state index contributed by atoms with van der Waals surface area (Å²) in [6, 6.07) is 6.39. The number of amides is 1. The van der Waals surface area contributed by atoms with E-state index in [0.29, 0.717) is 24.3 Å². The molecule has 0 saturated carbocycles. The molecule has 1 rings (SSSR count). The highest BCUT2D eigenvalue weighted by Gasteiger charge is 2.16. The smallest absolute Gasteiger partial charge is 0.303 e. The van der Waals surface area contributed by atoms with Crippen LogP contribution in [0.15, 0.2) is 24.3 Å². The summed E-state index contributed by atoms with van der Waals surface area (Å²) in [7, 11) is -3.82. The van der Waals surface area contributed by atoms with Gasteiger partial charge in [-0.1, -0.05) is 0 Å². The summed E-state index contributed by atoms with van der Waals surface area (Å²) < 4.78 is 31.7. The van der Waals surface area contributed by atoms with E-state index < -0.39 is 27.7 Å². The van der Waals surface area contributed by atoms with E-state index in [4.69, 9.17) is 9.84 Å². The molecular weight excluding hydrogens is 348 g/mol. The third kappa shape index (κ3) is 9.55. The molecule has 140 valence electrons. The van der Waals surface area contributed by atoms with Gasteiger partial charge in [-0.05, 0) is 51.0 Å². The Kier molecular flexibility index (Phi) is 8.20. The van der Waals surface area contributed by atoms with Crippen molar-refractivity contribution in [3.05, 3.63) is 24.3 Å². The van der Waals surface area contributed by atoms with Gasteiger partial charge in [0.15, 0.2) is 0 Å². The van der Waals surface area contributed by atoms with E-state index in [-0.39, 0.29) is 19.1 Å². The number of hydrogen-bond donors (Lipinski definition) is 3. The fraction of sp³-hybridized carbons (Fsp3) is 0.500. The van der Waals surface area contributed by atoms with Crippen LogP contribution in [-0.2, 0) is 19.6 Å². The van der Waals surface area contributed by atoms with E-state index in [9.17, 15) is 18.0 Å². The maximum absolute atomic E-state index is 12.0. The highest BCUT2D eigenvalue weighted by molar-refractivity contribution is 7.93. The Labute approximate surface area is 147 Å². The predicted octanol–water partition coefficient (Wildman–Crippen LogP) is 1.59. The molecule has 0 spiro atoms. The zero-order valence-corrected chi connectivity index (χ0v) is 15.1. The molecule has 1 aromatic rings. The van der Waals surface area contributed by atoms with Gasteiger partial charge >= 0.3 is 5.97 Å². The van der Waals surface area contributed by atoms with Gasteiger partial charge in [0.25, 0.3) is 0 Å². The average molecular weight is 372 g/mol. The normalized spacial score (nSPS) is 11.2. The summed E-state index contributed by atoms with van der Waals surface area (Å²) in [6.45, 7) is 4.01. The maximum Gasteiger partial charge on any atom is 0.303 e. The van der Waals surface area contributed by atoms with E-state index in [1.54, 1.807) is 24.3 Å². The largest absolute Gasteiger partial charge is 0.491 e. The molecule has 1 amide bonds. The van der Waals surface area contributed by atoms with Gasteiger partial charge in [-0.2, -0.15) is 0 Å². The summed E-state index contributed by atoms with van der Waals surface area (Å²) in [5.74, 6) is -1.61. The summed E-state index contributed by atoms with van der Waals surface area (Å²) in [5.41, 5.74) is 0.338. The molecule has 0 atom stereocenters. The minimum atomic E-state index is -3.82. The van der Waals surface area contributed by atoms with Crippen LogP contribution in [0.2, 0.25) is 0 Å². The van der Waals surface area contributed by atoms with Gasteiger partial charge in [0.2, 0.25) is 15.9 Å². The van der Waals surface area contributed by atoms with Gasteiger partial charge in [-0.25, -0.2) is 8.42 Å². The van der Waals surface area contributed by atoms with Crippen LogP contribution >= 0.6 is 0 Å². The molecule has 0 aromatic heterocycles. The molecular formula is C16H24N2O6S. The second-order valence-corrected chi connectivity index (χ2v) is 7.48. The maximum atomic E-state index is 12.0. The molecule has 0 radical (unpaired) electrons. The van der Waals surface area contributed by atoms with Crippen molar-refractivity contribution < 1.29 is 27.9 Å². The Morgan fingerprint density at radius 1 is 1.16 bits per heavy atom. The number of sulfonamides is 1. The Balaban J connectivity index is 2.41. The van der Waals surface area contributed by atoms with Crippen molar-refractivity contribution in [3.63, 3.8) is 0 Å². The van der Waals surface area contributed by atoms with Crippen molar-refractivity contribution in [2.45, 2.75) is 39.2 Å².